The summed E-state index contributed by atoms with van der Waals surface area (Å²) >= 11 is 3.42. The van der Waals surface area contributed by atoms with Gasteiger partial charge < -0.3 is 9.64 Å². The van der Waals surface area contributed by atoms with Gasteiger partial charge in [0.25, 0.3) is 0 Å². The number of rotatable bonds is 3. The van der Waals surface area contributed by atoms with Crippen LogP contribution in [0.2, 0.25) is 0 Å². The Hall–Kier alpha value is -1.36. The van der Waals surface area contributed by atoms with E-state index >= 15 is 0 Å². The van der Waals surface area contributed by atoms with Crippen LogP contribution in [0.25, 0.3) is 0 Å². The molecule has 0 aromatic heterocycles. The standard InChI is InChI=1S/C14H16BrNO3/c1-9(10-4-3-5-11(15)8-10)16-12(14(18)19-2)6-7-13(16)17/h3-5,8-9,12H,6-7H2,1-2H3. The zero-order valence-electron chi connectivity index (χ0n) is 10.9. The fourth-order valence-electron chi connectivity index (χ4n) is 2.48. The van der Waals surface area contributed by atoms with E-state index in [1.807, 2.05) is 31.2 Å². The number of carbonyl (C=O) groups is 2. The Morgan fingerprint density at radius 3 is 2.89 bits per heavy atom. The summed E-state index contributed by atoms with van der Waals surface area (Å²) in [5.41, 5.74) is 0.999. The molecule has 5 heteroatoms. The molecule has 1 aromatic carbocycles. The lowest BCUT2D eigenvalue weighted by molar-refractivity contribution is -0.150. The Labute approximate surface area is 120 Å². The first kappa shape index (κ1) is 14.1. The van der Waals surface area contributed by atoms with E-state index < -0.39 is 6.04 Å². The molecule has 2 atom stereocenters. The second kappa shape index (κ2) is 5.74. The average Bonchev–Trinajstić information content (AvgIpc) is 2.79. The molecule has 2 rings (SSSR count). The van der Waals surface area contributed by atoms with Gasteiger partial charge in [0.2, 0.25) is 5.91 Å². The SMILES string of the molecule is COC(=O)C1CCC(=O)N1C(C)c1cccc(Br)c1. The molecular formula is C14H16BrNO3. The first-order chi connectivity index (χ1) is 9.04. The van der Waals surface area contributed by atoms with E-state index in [-0.39, 0.29) is 17.9 Å². The molecule has 0 spiro atoms. The molecule has 0 aliphatic carbocycles. The molecule has 1 amide bonds. The third-order valence-corrected chi connectivity index (χ3v) is 3.97. The molecule has 19 heavy (non-hydrogen) atoms. The third-order valence-electron chi connectivity index (χ3n) is 3.48. The maximum atomic E-state index is 12.0. The predicted molar refractivity (Wildman–Crippen MR) is 74.4 cm³/mol. The number of ether oxygens (including phenoxy) is 1. The molecule has 2 unspecified atom stereocenters. The molecule has 1 aromatic rings. The van der Waals surface area contributed by atoms with Crippen molar-refractivity contribution in [2.24, 2.45) is 0 Å². The van der Waals surface area contributed by atoms with Gasteiger partial charge in [0.1, 0.15) is 6.04 Å². The van der Waals surface area contributed by atoms with Crippen LogP contribution >= 0.6 is 15.9 Å². The summed E-state index contributed by atoms with van der Waals surface area (Å²) in [5, 5.41) is 0. The second-order valence-electron chi connectivity index (χ2n) is 4.61. The van der Waals surface area contributed by atoms with E-state index in [0.717, 1.165) is 10.0 Å². The molecule has 1 saturated heterocycles. The van der Waals surface area contributed by atoms with Gasteiger partial charge in [0, 0.05) is 10.9 Å². The molecule has 0 saturated carbocycles. The van der Waals surface area contributed by atoms with Crippen LogP contribution in [-0.4, -0.2) is 29.9 Å². The molecule has 1 aliphatic heterocycles. The smallest absolute Gasteiger partial charge is 0.328 e. The Morgan fingerprint density at radius 2 is 2.26 bits per heavy atom. The summed E-state index contributed by atoms with van der Waals surface area (Å²) in [5.74, 6) is -0.337. The van der Waals surface area contributed by atoms with E-state index in [4.69, 9.17) is 4.74 Å². The van der Waals surface area contributed by atoms with Crippen LogP contribution in [0.5, 0.6) is 0 Å². The molecule has 4 nitrogen and oxygen atoms in total. The van der Waals surface area contributed by atoms with Crippen molar-refractivity contribution in [3.05, 3.63) is 34.3 Å². The van der Waals surface area contributed by atoms with Crippen LogP contribution < -0.4 is 0 Å². The van der Waals surface area contributed by atoms with Gasteiger partial charge in [0.05, 0.1) is 13.2 Å². The number of hydrogen-bond acceptors (Lipinski definition) is 3. The minimum atomic E-state index is -0.466. The van der Waals surface area contributed by atoms with Gasteiger partial charge in [-0.3, -0.25) is 4.79 Å². The number of benzene rings is 1. The minimum Gasteiger partial charge on any atom is -0.467 e. The fourth-order valence-corrected chi connectivity index (χ4v) is 2.90. The van der Waals surface area contributed by atoms with Crippen molar-refractivity contribution in [3.63, 3.8) is 0 Å². The molecule has 1 aliphatic rings. The highest BCUT2D eigenvalue weighted by molar-refractivity contribution is 9.10. The number of halogens is 1. The minimum absolute atomic E-state index is 0.00266. The average molecular weight is 326 g/mol. The molecule has 1 heterocycles. The van der Waals surface area contributed by atoms with Crippen molar-refractivity contribution < 1.29 is 14.3 Å². The van der Waals surface area contributed by atoms with E-state index in [2.05, 4.69) is 15.9 Å². The van der Waals surface area contributed by atoms with Gasteiger partial charge in [-0.05, 0) is 31.0 Å². The normalized spacial score (nSPS) is 20.5. The van der Waals surface area contributed by atoms with E-state index in [9.17, 15) is 9.59 Å². The van der Waals surface area contributed by atoms with E-state index in [1.54, 1.807) is 4.90 Å². The summed E-state index contributed by atoms with van der Waals surface area (Å²) in [6, 6.07) is 7.16. The van der Waals surface area contributed by atoms with Crippen molar-refractivity contribution in [2.75, 3.05) is 7.11 Å². The molecule has 102 valence electrons. The summed E-state index contributed by atoms with van der Waals surface area (Å²) in [7, 11) is 1.35. The van der Waals surface area contributed by atoms with Crippen molar-refractivity contribution in [1.82, 2.24) is 4.90 Å². The molecule has 0 N–H and O–H groups in total. The predicted octanol–water partition coefficient (Wildman–Crippen LogP) is 2.67. The number of methoxy groups -OCH3 is 1. The topological polar surface area (TPSA) is 46.6 Å². The maximum Gasteiger partial charge on any atom is 0.328 e. The monoisotopic (exact) mass is 325 g/mol. The summed E-state index contributed by atoms with van der Waals surface area (Å²) in [6.07, 6.45) is 0.932. The number of amides is 1. The van der Waals surface area contributed by atoms with Gasteiger partial charge in [-0.15, -0.1) is 0 Å². The van der Waals surface area contributed by atoms with Crippen molar-refractivity contribution in [1.29, 1.82) is 0 Å². The largest absolute Gasteiger partial charge is 0.467 e. The van der Waals surface area contributed by atoms with Gasteiger partial charge in [-0.2, -0.15) is 0 Å². The second-order valence-corrected chi connectivity index (χ2v) is 5.53. The number of esters is 1. The molecular weight excluding hydrogens is 310 g/mol. The number of carbonyl (C=O) groups excluding carboxylic acids is 2. The highest BCUT2D eigenvalue weighted by atomic mass is 79.9. The van der Waals surface area contributed by atoms with Crippen LogP contribution in [0.15, 0.2) is 28.7 Å². The third kappa shape index (κ3) is 2.81. The lowest BCUT2D eigenvalue weighted by atomic mass is 10.1. The highest BCUT2D eigenvalue weighted by Gasteiger charge is 2.39. The molecule has 0 bridgehead atoms. The lowest BCUT2D eigenvalue weighted by Crippen LogP contribution is -2.40. The van der Waals surface area contributed by atoms with Crippen molar-refractivity contribution >= 4 is 27.8 Å². The molecule has 1 fully saturated rings. The Balaban J connectivity index is 2.27. The quantitative estimate of drug-likeness (QED) is 0.803. The van der Waals surface area contributed by atoms with Crippen LogP contribution in [-0.2, 0) is 14.3 Å². The van der Waals surface area contributed by atoms with Gasteiger partial charge in [0.15, 0.2) is 0 Å². The summed E-state index contributed by atoms with van der Waals surface area (Å²) in [4.78, 5) is 25.4. The number of likely N-dealkylation sites (tertiary alicyclic amines) is 1. The first-order valence-corrected chi connectivity index (χ1v) is 6.98. The Bertz CT molecular complexity index is 503. The maximum absolute atomic E-state index is 12.0. The van der Waals surface area contributed by atoms with Crippen molar-refractivity contribution in [2.45, 2.75) is 31.8 Å². The fraction of sp³-hybridized carbons (Fsp3) is 0.429. The van der Waals surface area contributed by atoms with E-state index in [0.29, 0.717) is 12.8 Å². The van der Waals surface area contributed by atoms with Crippen LogP contribution in [0.3, 0.4) is 0 Å². The summed E-state index contributed by atoms with van der Waals surface area (Å²) in [6.45, 7) is 1.93. The first-order valence-electron chi connectivity index (χ1n) is 6.19. The molecule has 0 radical (unpaired) electrons. The van der Waals surface area contributed by atoms with Crippen molar-refractivity contribution in [3.8, 4) is 0 Å². The number of hydrogen-bond donors (Lipinski definition) is 0. The van der Waals surface area contributed by atoms with Crippen LogP contribution in [0, 0.1) is 0 Å². The van der Waals surface area contributed by atoms with Crippen LogP contribution in [0.4, 0.5) is 0 Å². The highest BCUT2D eigenvalue weighted by Crippen LogP contribution is 2.31. The van der Waals surface area contributed by atoms with Gasteiger partial charge in [-0.25, -0.2) is 4.79 Å². The zero-order valence-corrected chi connectivity index (χ0v) is 12.5. The van der Waals surface area contributed by atoms with Crippen LogP contribution in [0.1, 0.15) is 31.4 Å². The lowest BCUT2D eigenvalue weighted by Gasteiger charge is -2.29. The Morgan fingerprint density at radius 1 is 1.53 bits per heavy atom. The Kier molecular flexibility index (Phi) is 4.24. The van der Waals surface area contributed by atoms with E-state index in [1.165, 1.54) is 7.11 Å². The van der Waals surface area contributed by atoms with Gasteiger partial charge >= 0.3 is 5.97 Å². The van der Waals surface area contributed by atoms with Gasteiger partial charge in [-0.1, -0.05) is 28.1 Å². The number of nitrogens with zero attached hydrogens (tertiary/aromatic N) is 1. The summed E-state index contributed by atoms with van der Waals surface area (Å²) < 4.78 is 5.74. The zero-order chi connectivity index (χ0) is 14.0.